The molecule has 7 nitrogen and oxygen atoms in total. The van der Waals surface area contributed by atoms with Crippen molar-refractivity contribution in [3.8, 4) is 11.4 Å². The molecule has 0 radical (unpaired) electrons. The third kappa shape index (κ3) is 3.18. The van der Waals surface area contributed by atoms with Crippen molar-refractivity contribution in [1.82, 2.24) is 15.2 Å². The molecule has 0 N–H and O–H groups in total. The predicted octanol–water partition coefficient (Wildman–Crippen LogP) is 0.482. The number of fused-ring (bicyclic) bond motifs is 1. The Balaban J connectivity index is 1.95. The van der Waals surface area contributed by atoms with Crippen LogP contribution in [0.5, 0.6) is 0 Å². The summed E-state index contributed by atoms with van der Waals surface area (Å²) in [7, 11) is -4.31. The van der Waals surface area contributed by atoms with Crippen molar-refractivity contribution >= 4 is 21.2 Å². The predicted molar refractivity (Wildman–Crippen MR) is 72.7 cm³/mol. The fraction of sp³-hybridized carbons (Fsp3) is 0.0769. The molecule has 2 heterocycles. The van der Waals surface area contributed by atoms with E-state index in [0.717, 1.165) is 5.52 Å². The van der Waals surface area contributed by atoms with Crippen LogP contribution in [-0.4, -0.2) is 28.2 Å². The van der Waals surface area contributed by atoms with Crippen molar-refractivity contribution in [1.29, 1.82) is 0 Å². The molecule has 106 valence electrons. The summed E-state index contributed by atoms with van der Waals surface area (Å²) in [6.45, 7) is 0. The quantitative estimate of drug-likeness (QED) is 0.515. The van der Waals surface area contributed by atoms with Crippen LogP contribution in [0.2, 0.25) is 0 Å². The molecule has 0 aliphatic heterocycles. The van der Waals surface area contributed by atoms with E-state index in [1.165, 1.54) is 17.0 Å². The monoisotopic (exact) mass is 302 g/mol. The smallest absolute Gasteiger partial charge is 0.236 e. The minimum absolute atomic E-state index is 0.436. The molecule has 3 rings (SSSR count). The molecule has 1 aromatic carbocycles. The zero-order valence-corrected chi connectivity index (χ0v) is 11.6. The van der Waals surface area contributed by atoms with Gasteiger partial charge in [-0.05, 0) is 12.1 Å². The molecule has 0 saturated heterocycles. The Morgan fingerprint density at radius 1 is 1.00 bits per heavy atom. The minimum Gasteiger partial charge on any atom is -0.743 e. The second kappa shape index (κ2) is 5.15. The molecule has 21 heavy (non-hydrogen) atoms. The maximum absolute atomic E-state index is 10.7. The van der Waals surface area contributed by atoms with Crippen LogP contribution in [0, 0.1) is 0 Å². The number of benzene rings is 1. The van der Waals surface area contributed by atoms with Gasteiger partial charge in [0.25, 0.3) is 0 Å². The van der Waals surface area contributed by atoms with Gasteiger partial charge in [-0.15, -0.1) is 10.2 Å². The summed E-state index contributed by atoms with van der Waals surface area (Å²) in [5.41, 5.74) is 2.11. The van der Waals surface area contributed by atoms with Crippen LogP contribution in [0.4, 0.5) is 0 Å². The first-order valence-electron chi connectivity index (χ1n) is 6.04. The van der Waals surface area contributed by atoms with Crippen molar-refractivity contribution in [2.75, 3.05) is 0 Å². The summed E-state index contributed by atoms with van der Waals surface area (Å²) in [4.78, 5) is 4.39. The van der Waals surface area contributed by atoms with Gasteiger partial charge < -0.3 is 4.55 Å². The van der Waals surface area contributed by atoms with Crippen molar-refractivity contribution < 1.29 is 17.5 Å². The number of nitrogens with zero attached hydrogens (tertiary/aromatic N) is 4. The fourth-order valence-electron chi connectivity index (χ4n) is 1.88. The lowest BCUT2D eigenvalue weighted by Gasteiger charge is -2.03. The van der Waals surface area contributed by atoms with Crippen molar-refractivity contribution in [3.05, 3.63) is 48.8 Å². The van der Waals surface area contributed by atoms with Crippen LogP contribution in [0.25, 0.3) is 22.4 Å². The zero-order valence-electron chi connectivity index (χ0n) is 10.7. The molecule has 0 bridgehead atoms. The zero-order chi connectivity index (χ0) is 14.9. The van der Waals surface area contributed by atoms with E-state index in [1.54, 1.807) is 12.1 Å². The van der Waals surface area contributed by atoms with Crippen LogP contribution in [-0.2, 0) is 16.0 Å². The van der Waals surface area contributed by atoms with Crippen LogP contribution >= 0.6 is 0 Å². The van der Waals surface area contributed by atoms with Gasteiger partial charge in [0.15, 0.2) is 28.3 Å². The Morgan fingerprint density at radius 2 is 1.67 bits per heavy atom. The molecule has 0 fully saturated rings. The highest BCUT2D eigenvalue weighted by molar-refractivity contribution is 7.84. The van der Waals surface area contributed by atoms with Gasteiger partial charge in [-0.2, -0.15) is 4.57 Å². The molecule has 0 spiro atoms. The number of hydrogen-bond acceptors (Lipinski definition) is 6. The summed E-state index contributed by atoms with van der Waals surface area (Å²) in [5, 5.41) is 8.11. The van der Waals surface area contributed by atoms with E-state index in [-0.39, 0.29) is 0 Å². The lowest BCUT2D eigenvalue weighted by atomic mass is 10.2. The molecule has 0 unspecified atom stereocenters. The second-order valence-electron chi connectivity index (χ2n) is 4.41. The highest BCUT2D eigenvalue weighted by Crippen LogP contribution is 2.15. The summed E-state index contributed by atoms with van der Waals surface area (Å²) >= 11 is 0. The SMILES string of the molecule is O=S(=O)([O-])C[n+]1ccc(-c2nnc3ccccc3n2)cc1. The molecule has 0 atom stereocenters. The Morgan fingerprint density at radius 3 is 2.33 bits per heavy atom. The first-order chi connectivity index (χ1) is 10.0. The topological polar surface area (TPSA) is 99.8 Å². The third-order valence-electron chi connectivity index (χ3n) is 2.82. The van der Waals surface area contributed by atoms with Crippen molar-refractivity contribution in [2.24, 2.45) is 0 Å². The number of rotatable bonds is 3. The van der Waals surface area contributed by atoms with Gasteiger partial charge in [-0.1, -0.05) is 12.1 Å². The number of para-hydroxylation sites is 1. The van der Waals surface area contributed by atoms with E-state index in [2.05, 4.69) is 15.2 Å². The van der Waals surface area contributed by atoms with E-state index < -0.39 is 16.0 Å². The number of pyridine rings is 1. The summed E-state index contributed by atoms with van der Waals surface area (Å²) in [6, 6.07) is 10.6. The average Bonchev–Trinajstić information content (AvgIpc) is 2.46. The maximum atomic E-state index is 10.7. The second-order valence-corrected chi connectivity index (χ2v) is 5.79. The molecular weight excluding hydrogens is 292 g/mol. The van der Waals surface area contributed by atoms with E-state index >= 15 is 0 Å². The Hall–Kier alpha value is -2.45. The Bertz CT molecular complexity index is 895. The normalized spacial score (nSPS) is 11.7. The highest BCUT2D eigenvalue weighted by Gasteiger charge is 2.09. The standard InChI is InChI=1S/C13H10N4O3S/c18-21(19,20)9-17-7-5-10(6-8-17)13-14-11-3-1-2-4-12(11)15-16-13/h1-8H,9H2. The number of aromatic nitrogens is 4. The lowest BCUT2D eigenvalue weighted by molar-refractivity contribution is -0.678. The van der Waals surface area contributed by atoms with Crippen LogP contribution < -0.4 is 4.57 Å². The maximum Gasteiger partial charge on any atom is 0.236 e. The van der Waals surface area contributed by atoms with E-state index in [4.69, 9.17) is 0 Å². The first kappa shape index (κ1) is 13.5. The summed E-state index contributed by atoms with van der Waals surface area (Å²) in [6.07, 6.45) is 2.98. The van der Waals surface area contributed by atoms with Crippen molar-refractivity contribution in [3.63, 3.8) is 0 Å². The fourth-order valence-corrected chi connectivity index (χ4v) is 2.42. The molecule has 0 aliphatic carbocycles. The van der Waals surface area contributed by atoms with E-state index in [9.17, 15) is 13.0 Å². The van der Waals surface area contributed by atoms with Crippen LogP contribution in [0.15, 0.2) is 48.8 Å². The van der Waals surface area contributed by atoms with Crippen LogP contribution in [0.3, 0.4) is 0 Å². The van der Waals surface area contributed by atoms with Gasteiger partial charge in [-0.25, -0.2) is 13.4 Å². The lowest BCUT2D eigenvalue weighted by Crippen LogP contribution is -2.36. The minimum atomic E-state index is -4.31. The van der Waals surface area contributed by atoms with Gasteiger partial charge >= 0.3 is 0 Å². The van der Waals surface area contributed by atoms with Gasteiger partial charge in [0.05, 0.1) is 5.52 Å². The molecule has 0 amide bonds. The van der Waals surface area contributed by atoms with E-state index in [1.807, 2.05) is 24.3 Å². The third-order valence-corrected chi connectivity index (χ3v) is 3.43. The van der Waals surface area contributed by atoms with Crippen molar-refractivity contribution in [2.45, 2.75) is 5.88 Å². The van der Waals surface area contributed by atoms with Crippen LogP contribution in [0.1, 0.15) is 0 Å². The molecule has 8 heteroatoms. The van der Waals surface area contributed by atoms with E-state index in [0.29, 0.717) is 16.9 Å². The molecule has 0 saturated carbocycles. The Kier molecular flexibility index (Phi) is 3.32. The average molecular weight is 302 g/mol. The summed E-state index contributed by atoms with van der Waals surface area (Å²) in [5.74, 6) is -0.171. The molecular formula is C13H10N4O3S. The van der Waals surface area contributed by atoms with Gasteiger partial charge in [0.1, 0.15) is 5.52 Å². The van der Waals surface area contributed by atoms with Gasteiger partial charge in [0, 0.05) is 17.7 Å². The highest BCUT2D eigenvalue weighted by atomic mass is 32.2. The largest absolute Gasteiger partial charge is 0.743 e. The first-order valence-corrected chi connectivity index (χ1v) is 7.61. The molecule has 0 aliphatic rings. The van der Waals surface area contributed by atoms with Gasteiger partial charge in [0.2, 0.25) is 5.88 Å². The Labute approximate surface area is 120 Å². The van der Waals surface area contributed by atoms with Gasteiger partial charge in [-0.3, -0.25) is 0 Å². The molecule has 3 aromatic rings. The number of hydrogen-bond donors (Lipinski definition) is 0. The molecule has 2 aromatic heterocycles. The summed E-state index contributed by atoms with van der Waals surface area (Å²) < 4.78 is 33.4.